The molecule has 0 fully saturated rings. The van der Waals surface area contributed by atoms with Crippen molar-refractivity contribution >= 4 is 12.1 Å². The van der Waals surface area contributed by atoms with Crippen LogP contribution in [0.25, 0.3) is 0 Å². The predicted octanol–water partition coefficient (Wildman–Crippen LogP) is 0.933. The lowest BCUT2D eigenvalue weighted by Crippen LogP contribution is -2.34. The average molecular weight is 266 g/mol. The zero-order chi connectivity index (χ0) is 14.1. The largest absolute Gasteiger partial charge is 0.516 e. The van der Waals surface area contributed by atoms with Crippen molar-refractivity contribution in [1.82, 2.24) is 0 Å². The zero-order valence-corrected chi connectivity index (χ0v) is 10.6. The third-order valence-electron chi connectivity index (χ3n) is 2.41. The van der Waals surface area contributed by atoms with Gasteiger partial charge in [-0.05, 0) is 24.9 Å². The molecule has 0 amide bonds. The van der Waals surface area contributed by atoms with Gasteiger partial charge in [0.15, 0.2) is 0 Å². The summed E-state index contributed by atoms with van der Waals surface area (Å²) in [5, 5.41) is 0. The number of rotatable bonds is 6. The standard InChI is InChI=1S/C13H18N2O4/c14-8-4-7-11(15)12(16)19-13(17)18-9-10-5-2-1-3-6-10/h1-3,5-6,11H,4,7-9,14-15H2/t11-/m0/s1. The van der Waals surface area contributed by atoms with Crippen LogP contribution in [0, 0.1) is 0 Å². The van der Waals surface area contributed by atoms with Crippen molar-refractivity contribution < 1.29 is 19.1 Å². The normalized spacial score (nSPS) is 11.7. The maximum atomic E-state index is 11.4. The lowest BCUT2D eigenvalue weighted by molar-refractivity contribution is -0.141. The molecule has 1 aromatic rings. The van der Waals surface area contributed by atoms with E-state index in [1.165, 1.54) is 0 Å². The fourth-order valence-electron chi connectivity index (χ4n) is 1.36. The molecule has 104 valence electrons. The summed E-state index contributed by atoms with van der Waals surface area (Å²) in [5.74, 6) is -0.800. The van der Waals surface area contributed by atoms with Gasteiger partial charge in [-0.15, -0.1) is 0 Å². The van der Waals surface area contributed by atoms with E-state index in [9.17, 15) is 9.59 Å². The number of benzene rings is 1. The van der Waals surface area contributed by atoms with E-state index in [2.05, 4.69) is 4.74 Å². The van der Waals surface area contributed by atoms with Crippen molar-refractivity contribution in [1.29, 1.82) is 0 Å². The Balaban J connectivity index is 2.29. The molecule has 1 atom stereocenters. The van der Waals surface area contributed by atoms with Crippen LogP contribution in [0.5, 0.6) is 0 Å². The van der Waals surface area contributed by atoms with Crippen molar-refractivity contribution in [2.45, 2.75) is 25.5 Å². The molecule has 6 nitrogen and oxygen atoms in total. The van der Waals surface area contributed by atoms with E-state index in [4.69, 9.17) is 16.2 Å². The maximum absolute atomic E-state index is 11.4. The molecule has 0 saturated heterocycles. The Labute approximate surface area is 111 Å². The molecule has 0 unspecified atom stereocenters. The SMILES string of the molecule is NCCC[C@H](N)C(=O)OC(=O)OCc1ccccc1. The number of esters is 1. The minimum absolute atomic E-state index is 0.0466. The number of hydrogen-bond acceptors (Lipinski definition) is 6. The monoisotopic (exact) mass is 266 g/mol. The topological polar surface area (TPSA) is 105 Å². The van der Waals surface area contributed by atoms with Gasteiger partial charge in [0.1, 0.15) is 12.6 Å². The van der Waals surface area contributed by atoms with Crippen LogP contribution in [0.3, 0.4) is 0 Å². The molecule has 19 heavy (non-hydrogen) atoms. The number of hydrogen-bond donors (Lipinski definition) is 2. The summed E-state index contributed by atoms with van der Waals surface area (Å²) in [6, 6.07) is 8.22. The molecule has 1 rings (SSSR count). The van der Waals surface area contributed by atoms with Gasteiger partial charge in [-0.1, -0.05) is 30.3 Å². The Morgan fingerprint density at radius 1 is 1.21 bits per heavy atom. The zero-order valence-electron chi connectivity index (χ0n) is 10.6. The quantitative estimate of drug-likeness (QED) is 0.586. The molecular weight excluding hydrogens is 248 g/mol. The second-order valence-electron chi connectivity index (χ2n) is 3.98. The van der Waals surface area contributed by atoms with Gasteiger partial charge in [0.25, 0.3) is 0 Å². The highest BCUT2D eigenvalue weighted by atomic mass is 16.7. The van der Waals surface area contributed by atoms with Crippen LogP contribution in [0.1, 0.15) is 18.4 Å². The van der Waals surface area contributed by atoms with E-state index in [1.54, 1.807) is 12.1 Å². The lowest BCUT2D eigenvalue weighted by atomic mass is 10.2. The van der Waals surface area contributed by atoms with Crippen LogP contribution in [0.2, 0.25) is 0 Å². The highest BCUT2D eigenvalue weighted by molar-refractivity contribution is 5.85. The molecular formula is C13H18N2O4. The first-order chi connectivity index (χ1) is 9.13. The first-order valence-electron chi connectivity index (χ1n) is 6.01. The molecule has 4 N–H and O–H groups in total. The fourth-order valence-corrected chi connectivity index (χ4v) is 1.36. The van der Waals surface area contributed by atoms with Gasteiger partial charge in [0, 0.05) is 0 Å². The Morgan fingerprint density at radius 3 is 2.53 bits per heavy atom. The highest BCUT2D eigenvalue weighted by Crippen LogP contribution is 2.03. The Kier molecular flexibility index (Phi) is 6.56. The molecule has 1 aromatic carbocycles. The second-order valence-corrected chi connectivity index (χ2v) is 3.98. The maximum Gasteiger partial charge on any atom is 0.516 e. The van der Waals surface area contributed by atoms with Gasteiger partial charge in [0.05, 0.1) is 0 Å². The average Bonchev–Trinajstić information content (AvgIpc) is 2.43. The van der Waals surface area contributed by atoms with Crippen molar-refractivity contribution in [2.24, 2.45) is 11.5 Å². The van der Waals surface area contributed by atoms with Crippen molar-refractivity contribution in [3.63, 3.8) is 0 Å². The van der Waals surface area contributed by atoms with E-state index < -0.39 is 18.2 Å². The molecule has 0 saturated carbocycles. The van der Waals surface area contributed by atoms with E-state index in [0.29, 0.717) is 19.4 Å². The Bertz CT molecular complexity index is 408. The van der Waals surface area contributed by atoms with Crippen LogP contribution in [-0.2, 0) is 20.9 Å². The van der Waals surface area contributed by atoms with Gasteiger partial charge in [-0.3, -0.25) is 0 Å². The molecule has 0 aromatic heterocycles. The Morgan fingerprint density at radius 2 is 1.89 bits per heavy atom. The molecule has 0 aliphatic rings. The van der Waals surface area contributed by atoms with Gasteiger partial charge in [0.2, 0.25) is 0 Å². The molecule has 0 aliphatic heterocycles. The van der Waals surface area contributed by atoms with E-state index in [-0.39, 0.29) is 6.61 Å². The first-order valence-corrected chi connectivity index (χ1v) is 6.01. The minimum atomic E-state index is -1.04. The summed E-state index contributed by atoms with van der Waals surface area (Å²) in [6.07, 6.45) is -0.0755. The number of carbonyl (C=O) groups excluding carboxylic acids is 2. The van der Waals surface area contributed by atoms with Crippen LogP contribution >= 0.6 is 0 Å². The van der Waals surface area contributed by atoms with E-state index >= 15 is 0 Å². The first kappa shape index (κ1) is 15.1. The molecule has 0 spiro atoms. The van der Waals surface area contributed by atoms with E-state index in [1.807, 2.05) is 18.2 Å². The summed E-state index contributed by atoms with van der Waals surface area (Å²) in [4.78, 5) is 22.6. The number of nitrogens with two attached hydrogens (primary N) is 2. The van der Waals surface area contributed by atoms with Crippen molar-refractivity contribution in [2.75, 3.05) is 6.54 Å². The predicted molar refractivity (Wildman–Crippen MR) is 69.0 cm³/mol. The summed E-state index contributed by atoms with van der Waals surface area (Å²) >= 11 is 0. The second kappa shape index (κ2) is 8.23. The summed E-state index contributed by atoms with van der Waals surface area (Å²) < 4.78 is 9.26. The number of ether oxygens (including phenoxy) is 2. The Hall–Kier alpha value is -1.92. The summed E-state index contributed by atoms with van der Waals surface area (Å²) in [6.45, 7) is 0.477. The molecule has 6 heteroatoms. The molecule has 0 radical (unpaired) electrons. The van der Waals surface area contributed by atoms with Gasteiger partial charge in [-0.2, -0.15) is 0 Å². The highest BCUT2D eigenvalue weighted by Gasteiger charge is 2.19. The van der Waals surface area contributed by atoms with Crippen molar-refractivity contribution in [3.8, 4) is 0 Å². The third-order valence-corrected chi connectivity index (χ3v) is 2.41. The lowest BCUT2D eigenvalue weighted by Gasteiger charge is -2.09. The van der Waals surface area contributed by atoms with E-state index in [0.717, 1.165) is 5.56 Å². The van der Waals surface area contributed by atoms with Crippen molar-refractivity contribution in [3.05, 3.63) is 35.9 Å². The van der Waals surface area contributed by atoms with Gasteiger partial charge < -0.3 is 20.9 Å². The van der Waals surface area contributed by atoms with Crippen LogP contribution < -0.4 is 11.5 Å². The molecule has 0 heterocycles. The van der Waals surface area contributed by atoms with Crippen LogP contribution in [0.4, 0.5) is 4.79 Å². The molecule has 0 aliphatic carbocycles. The van der Waals surface area contributed by atoms with Crippen LogP contribution in [-0.4, -0.2) is 24.7 Å². The number of carbonyl (C=O) groups is 2. The van der Waals surface area contributed by atoms with Gasteiger partial charge in [-0.25, -0.2) is 9.59 Å². The third kappa shape index (κ3) is 5.98. The van der Waals surface area contributed by atoms with Gasteiger partial charge >= 0.3 is 12.1 Å². The summed E-state index contributed by atoms with van der Waals surface area (Å²) in [5.41, 5.74) is 11.6. The molecule has 0 bridgehead atoms. The minimum Gasteiger partial charge on any atom is -0.429 e. The van der Waals surface area contributed by atoms with Crippen LogP contribution in [0.15, 0.2) is 30.3 Å². The smallest absolute Gasteiger partial charge is 0.429 e. The fraction of sp³-hybridized carbons (Fsp3) is 0.385. The summed E-state index contributed by atoms with van der Waals surface area (Å²) in [7, 11) is 0.